The first-order valence-corrected chi connectivity index (χ1v) is 9.46. The van der Waals surface area contributed by atoms with Crippen molar-refractivity contribution in [2.45, 2.75) is 6.92 Å². The van der Waals surface area contributed by atoms with Crippen molar-refractivity contribution in [2.75, 3.05) is 12.4 Å². The first-order valence-electron chi connectivity index (χ1n) is 8.66. The molecule has 28 heavy (non-hydrogen) atoms. The zero-order chi connectivity index (χ0) is 19.7. The Morgan fingerprint density at radius 3 is 2.64 bits per heavy atom. The second-order valence-electron chi connectivity index (χ2n) is 6.33. The molecular weight excluding hydrogens is 420 g/mol. The van der Waals surface area contributed by atoms with Crippen LogP contribution in [0.15, 0.2) is 69.6 Å². The van der Waals surface area contributed by atoms with Crippen LogP contribution in [0.25, 0.3) is 22.6 Å². The van der Waals surface area contributed by atoms with Gasteiger partial charge in [-0.15, -0.1) is 0 Å². The van der Waals surface area contributed by atoms with Crippen molar-refractivity contribution in [3.05, 3.63) is 76.3 Å². The van der Waals surface area contributed by atoms with Crippen LogP contribution in [0.1, 0.15) is 15.9 Å². The molecule has 0 aliphatic rings. The zero-order valence-electron chi connectivity index (χ0n) is 15.3. The number of nitrogens with zero attached hydrogens (tertiary/aromatic N) is 1. The number of carbonyl (C=O) groups is 1. The number of rotatable bonds is 4. The smallest absolute Gasteiger partial charge is 0.259 e. The molecule has 1 heterocycles. The number of aromatic nitrogens is 1. The van der Waals surface area contributed by atoms with Crippen LogP contribution in [0.5, 0.6) is 5.75 Å². The molecular formula is C22H17BrN2O3. The number of hydrogen-bond donors (Lipinski definition) is 1. The number of fused-ring (bicyclic) bond motifs is 1. The number of benzene rings is 3. The molecule has 0 saturated heterocycles. The molecule has 4 aromatic rings. The third-order valence-electron chi connectivity index (χ3n) is 4.35. The topological polar surface area (TPSA) is 64.4 Å². The normalized spacial score (nSPS) is 10.8. The first-order chi connectivity index (χ1) is 13.5. The fraction of sp³-hybridized carbons (Fsp3) is 0.0909. The number of halogens is 1. The number of methoxy groups -OCH3 is 1. The number of oxazole rings is 1. The summed E-state index contributed by atoms with van der Waals surface area (Å²) in [7, 11) is 1.56. The van der Waals surface area contributed by atoms with Crippen LogP contribution in [-0.2, 0) is 0 Å². The third-order valence-corrected chi connectivity index (χ3v) is 4.81. The Balaban J connectivity index is 1.64. The maximum Gasteiger partial charge on any atom is 0.259 e. The van der Waals surface area contributed by atoms with Gasteiger partial charge in [0.15, 0.2) is 5.58 Å². The largest absolute Gasteiger partial charge is 0.496 e. The molecule has 0 spiro atoms. The first kappa shape index (κ1) is 18.3. The van der Waals surface area contributed by atoms with E-state index in [0.29, 0.717) is 34.0 Å². The van der Waals surface area contributed by atoms with Gasteiger partial charge in [-0.25, -0.2) is 4.98 Å². The summed E-state index contributed by atoms with van der Waals surface area (Å²) in [5.74, 6) is 0.838. The molecule has 0 saturated carbocycles. The molecule has 0 aliphatic carbocycles. The van der Waals surface area contributed by atoms with Gasteiger partial charge in [0.05, 0.1) is 12.7 Å². The monoisotopic (exact) mass is 436 g/mol. The number of anilines is 1. The molecule has 0 bridgehead atoms. The number of amides is 1. The average molecular weight is 437 g/mol. The lowest BCUT2D eigenvalue weighted by Gasteiger charge is -2.12. The van der Waals surface area contributed by atoms with E-state index in [0.717, 1.165) is 15.6 Å². The fourth-order valence-electron chi connectivity index (χ4n) is 3.08. The van der Waals surface area contributed by atoms with Crippen LogP contribution in [-0.4, -0.2) is 18.0 Å². The van der Waals surface area contributed by atoms with Gasteiger partial charge >= 0.3 is 0 Å². The Bertz CT molecular complexity index is 1170. The van der Waals surface area contributed by atoms with Crippen molar-refractivity contribution in [3.8, 4) is 17.2 Å². The van der Waals surface area contributed by atoms with Crippen LogP contribution in [0.3, 0.4) is 0 Å². The van der Waals surface area contributed by atoms with Gasteiger partial charge in [0.1, 0.15) is 11.3 Å². The molecule has 1 aromatic heterocycles. The van der Waals surface area contributed by atoms with E-state index in [4.69, 9.17) is 9.15 Å². The van der Waals surface area contributed by atoms with Crippen molar-refractivity contribution >= 4 is 38.6 Å². The van der Waals surface area contributed by atoms with Crippen molar-refractivity contribution in [2.24, 2.45) is 0 Å². The summed E-state index contributed by atoms with van der Waals surface area (Å²) in [6.07, 6.45) is 0. The zero-order valence-corrected chi connectivity index (χ0v) is 16.9. The van der Waals surface area contributed by atoms with E-state index < -0.39 is 0 Å². The van der Waals surface area contributed by atoms with Crippen LogP contribution in [0, 0.1) is 6.92 Å². The maximum absolute atomic E-state index is 12.8. The number of ether oxygens (including phenoxy) is 1. The number of nitrogens with one attached hydrogen (secondary N) is 1. The number of carbonyl (C=O) groups excluding carboxylic acids is 1. The molecule has 1 amide bonds. The summed E-state index contributed by atoms with van der Waals surface area (Å²) < 4.78 is 12.0. The molecule has 140 valence electrons. The molecule has 4 rings (SSSR count). The van der Waals surface area contributed by atoms with Crippen molar-refractivity contribution in [3.63, 3.8) is 0 Å². The fourth-order valence-corrected chi connectivity index (χ4v) is 3.65. The Morgan fingerprint density at radius 2 is 1.89 bits per heavy atom. The predicted octanol–water partition coefficient (Wildman–Crippen LogP) is 5.83. The van der Waals surface area contributed by atoms with E-state index in [1.807, 2.05) is 43.3 Å². The lowest BCUT2D eigenvalue weighted by molar-refractivity contribution is 0.102. The third kappa shape index (κ3) is 3.51. The highest BCUT2D eigenvalue weighted by Gasteiger charge is 2.16. The maximum atomic E-state index is 12.8. The molecule has 5 nitrogen and oxygen atoms in total. The highest BCUT2D eigenvalue weighted by molar-refractivity contribution is 9.10. The highest BCUT2D eigenvalue weighted by atomic mass is 79.9. The lowest BCUT2D eigenvalue weighted by Crippen LogP contribution is -2.13. The lowest BCUT2D eigenvalue weighted by atomic mass is 10.1. The van der Waals surface area contributed by atoms with E-state index in [-0.39, 0.29) is 5.91 Å². The Labute approximate surface area is 170 Å². The molecule has 0 atom stereocenters. The van der Waals surface area contributed by atoms with Gasteiger partial charge in [-0.3, -0.25) is 4.79 Å². The quantitative estimate of drug-likeness (QED) is 0.437. The van der Waals surface area contributed by atoms with Crippen molar-refractivity contribution in [1.82, 2.24) is 4.98 Å². The second-order valence-corrected chi connectivity index (χ2v) is 7.24. The van der Waals surface area contributed by atoms with Gasteiger partial charge in [0.25, 0.3) is 5.91 Å². The molecule has 6 heteroatoms. The molecule has 0 aliphatic heterocycles. The van der Waals surface area contributed by atoms with Gasteiger partial charge in [-0.1, -0.05) is 34.1 Å². The summed E-state index contributed by atoms with van der Waals surface area (Å²) in [5, 5.41) is 2.91. The van der Waals surface area contributed by atoms with E-state index in [1.165, 1.54) is 0 Å². The van der Waals surface area contributed by atoms with Gasteiger partial charge in [-0.05, 0) is 55.0 Å². The van der Waals surface area contributed by atoms with Crippen LogP contribution >= 0.6 is 15.9 Å². The van der Waals surface area contributed by atoms with Gasteiger partial charge in [0, 0.05) is 15.7 Å². The van der Waals surface area contributed by atoms with Crippen LogP contribution in [0.2, 0.25) is 0 Å². The van der Waals surface area contributed by atoms with Crippen molar-refractivity contribution < 1.29 is 13.9 Å². The molecule has 0 unspecified atom stereocenters. The SMILES string of the molecule is COc1c(C)cc(Br)cc1C(=O)Nc1ccc2oc(-c3ccccc3)nc2c1. The predicted molar refractivity (Wildman–Crippen MR) is 113 cm³/mol. The highest BCUT2D eigenvalue weighted by Crippen LogP contribution is 2.30. The standard InChI is InChI=1S/C22H17BrN2O3/c1-13-10-15(23)11-17(20(13)27-2)21(26)24-16-8-9-19-18(12-16)25-22(28-19)14-6-4-3-5-7-14/h3-12H,1-2H3,(H,24,26). The molecule has 0 radical (unpaired) electrons. The minimum Gasteiger partial charge on any atom is -0.496 e. The summed E-state index contributed by atoms with van der Waals surface area (Å²) in [4.78, 5) is 17.3. The minimum absolute atomic E-state index is 0.257. The van der Waals surface area contributed by atoms with Gasteiger partial charge in [0.2, 0.25) is 5.89 Å². The summed E-state index contributed by atoms with van der Waals surface area (Å²) in [6, 6.07) is 18.7. The van der Waals surface area contributed by atoms with E-state index in [2.05, 4.69) is 26.2 Å². The van der Waals surface area contributed by atoms with E-state index in [9.17, 15) is 4.79 Å². The Morgan fingerprint density at radius 1 is 1.11 bits per heavy atom. The van der Waals surface area contributed by atoms with E-state index in [1.54, 1.807) is 31.4 Å². The second kappa shape index (κ2) is 7.48. The molecule has 0 fully saturated rings. The Hall–Kier alpha value is -3.12. The minimum atomic E-state index is -0.257. The summed E-state index contributed by atoms with van der Waals surface area (Å²) in [6.45, 7) is 1.90. The number of hydrogen-bond acceptors (Lipinski definition) is 4. The molecule has 1 N–H and O–H groups in total. The van der Waals surface area contributed by atoms with Gasteiger partial charge in [-0.2, -0.15) is 0 Å². The van der Waals surface area contributed by atoms with Crippen molar-refractivity contribution in [1.29, 1.82) is 0 Å². The summed E-state index contributed by atoms with van der Waals surface area (Å²) >= 11 is 3.43. The number of aryl methyl sites for hydroxylation is 1. The summed E-state index contributed by atoms with van der Waals surface area (Å²) in [5.41, 5.74) is 4.20. The Kier molecular flexibility index (Phi) is 4.88. The van der Waals surface area contributed by atoms with E-state index >= 15 is 0 Å². The van der Waals surface area contributed by atoms with Gasteiger partial charge < -0.3 is 14.5 Å². The van der Waals surface area contributed by atoms with Crippen LogP contribution < -0.4 is 10.1 Å². The molecule has 3 aromatic carbocycles. The average Bonchev–Trinajstić information content (AvgIpc) is 3.11. The van der Waals surface area contributed by atoms with Crippen LogP contribution in [0.4, 0.5) is 5.69 Å².